The summed E-state index contributed by atoms with van der Waals surface area (Å²) < 4.78 is 13.6. The molecule has 80 valence electrons. The zero-order chi connectivity index (χ0) is 11.1. The molecule has 0 bridgehead atoms. The molecule has 0 unspecified atom stereocenters. The minimum absolute atomic E-state index is 0.0459. The Morgan fingerprint density at radius 2 is 1.77 bits per heavy atom. The van der Waals surface area contributed by atoms with Crippen molar-refractivity contribution < 1.29 is 28.8 Å². The summed E-state index contributed by atoms with van der Waals surface area (Å²) in [7, 11) is -4.17. The van der Waals surface area contributed by atoms with Gasteiger partial charge in [-0.25, -0.2) is 4.57 Å². The van der Waals surface area contributed by atoms with Crippen molar-refractivity contribution in [3.05, 3.63) is 0 Å². The van der Waals surface area contributed by atoms with Crippen LogP contribution < -0.4 is 0 Å². The Morgan fingerprint density at radius 1 is 1.46 bits per heavy atom. The highest BCUT2D eigenvalue weighted by atomic mass is 31.2. The van der Waals surface area contributed by atoms with Crippen LogP contribution in [0.2, 0.25) is 0 Å². The highest BCUT2D eigenvalue weighted by molar-refractivity contribution is 7.46. The van der Waals surface area contributed by atoms with Crippen molar-refractivity contribution in [3.63, 3.8) is 0 Å². The second kappa shape index (κ2) is 7.03. The van der Waals surface area contributed by atoms with Crippen molar-refractivity contribution in [2.45, 2.75) is 20.8 Å². The molecule has 3 N–H and O–H groups in total. The molecule has 0 aromatic rings. The molecule has 0 aliphatic rings. The highest BCUT2D eigenvalue weighted by Crippen LogP contribution is 2.34. The van der Waals surface area contributed by atoms with Gasteiger partial charge in [0.25, 0.3) is 0 Å². The van der Waals surface area contributed by atoms with Gasteiger partial charge < -0.3 is 14.9 Å². The predicted molar refractivity (Wildman–Crippen MR) is 46.1 cm³/mol. The zero-order valence-corrected chi connectivity index (χ0v) is 8.69. The summed E-state index contributed by atoms with van der Waals surface area (Å²) in [4.78, 5) is 25.5. The molecule has 0 atom stereocenters. The van der Waals surface area contributed by atoms with Crippen LogP contribution in [0.3, 0.4) is 0 Å². The molecule has 7 heteroatoms. The maximum atomic E-state index is 9.70. The van der Waals surface area contributed by atoms with Gasteiger partial charge in [-0.15, -0.1) is 0 Å². The van der Waals surface area contributed by atoms with Crippen LogP contribution in [0.4, 0.5) is 0 Å². The van der Waals surface area contributed by atoms with Crippen LogP contribution >= 0.6 is 7.82 Å². The molecule has 0 heterocycles. The Morgan fingerprint density at radius 3 is 1.77 bits per heavy atom. The molecule has 0 saturated heterocycles. The van der Waals surface area contributed by atoms with Crippen LogP contribution in [0.25, 0.3) is 0 Å². The Bertz CT molecular complexity index is 184. The molecule has 0 fully saturated rings. The summed E-state index contributed by atoms with van der Waals surface area (Å²) in [5.41, 5.74) is 0. The fraction of sp³-hybridized carbons (Fsp3) is 0.833. The molecule has 0 aliphatic carbocycles. The van der Waals surface area contributed by atoms with E-state index in [0.717, 1.165) is 0 Å². The Labute approximate surface area is 76.8 Å². The molecular weight excluding hydrogens is 199 g/mol. The van der Waals surface area contributed by atoms with Gasteiger partial charge in [-0.2, -0.15) is 0 Å². The summed E-state index contributed by atoms with van der Waals surface area (Å²) in [5, 5.41) is 7.99. The lowest BCUT2D eigenvalue weighted by Gasteiger charge is -1.98. The Hall–Kier alpha value is -0.420. The van der Waals surface area contributed by atoms with Crippen LogP contribution in [0.1, 0.15) is 20.8 Å². The SMILES string of the molecule is CC(C)C(=O)O.CCOP(=O)(O)O. The summed E-state index contributed by atoms with van der Waals surface area (Å²) in [6.07, 6.45) is 0. The molecule has 0 radical (unpaired) electrons. The first-order valence-electron chi connectivity index (χ1n) is 3.63. The van der Waals surface area contributed by atoms with Crippen molar-refractivity contribution in [2.75, 3.05) is 6.61 Å². The lowest BCUT2D eigenvalue weighted by Crippen LogP contribution is -2.03. The maximum Gasteiger partial charge on any atom is 0.469 e. The fourth-order valence-electron chi connectivity index (χ4n) is 0.168. The van der Waals surface area contributed by atoms with Gasteiger partial charge in [0.1, 0.15) is 0 Å². The van der Waals surface area contributed by atoms with Crippen LogP contribution in [0.15, 0.2) is 0 Å². The summed E-state index contributed by atoms with van der Waals surface area (Å²) in [6.45, 7) is 4.84. The van der Waals surface area contributed by atoms with Crippen molar-refractivity contribution >= 4 is 13.8 Å². The fourth-order valence-corrected chi connectivity index (χ4v) is 0.505. The third-order valence-corrected chi connectivity index (χ3v) is 1.39. The van der Waals surface area contributed by atoms with Gasteiger partial charge in [-0.1, -0.05) is 13.8 Å². The first kappa shape index (κ1) is 15.1. The van der Waals surface area contributed by atoms with E-state index in [0.29, 0.717) is 0 Å². The third kappa shape index (κ3) is 18.5. The largest absolute Gasteiger partial charge is 0.481 e. The van der Waals surface area contributed by atoms with E-state index >= 15 is 0 Å². The average molecular weight is 214 g/mol. The molecule has 13 heavy (non-hydrogen) atoms. The van der Waals surface area contributed by atoms with Gasteiger partial charge in [0.2, 0.25) is 0 Å². The molecule has 0 saturated carbocycles. The predicted octanol–water partition coefficient (Wildman–Crippen LogP) is 0.843. The minimum Gasteiger partial charge on any atom is -0.481 e. The molecule has 6 nitrogen and oxygen atoms in total. The van der Waals surface area contributed by atoms with E-state index in [1.165, 1.54) is 6.92 Å². The van der Waals surface area contributed by atoms with Gasteiger partial charge in [0, 0.05) is 0 Å². The van der Waals surface area contributed by atoms with E-state index in [4.69, 9.17) is 14.9 Å². The van der Waals surface area contributed by atoms with E-state index in [-0.39, 0.29) is 12.5 Å². The van der Waals surface area contributed by atoms with Gasteiger partial charge in [-0.3, -0.25) is 9.32 Å². The van der Waals surface area contributed by atoms with E-state index < -0.39 is 13.8 Å². The van der Waals surface area contributed by atoms with Crippen LogP contribution in [0, 0.1) is 5.92 Å². The van der Waals surface area contributed by atoms with Gasteiger partial charge in [-0.05, 0) is 6.92 Å². The van der Waals surface area contributed by atoms with E-state index in [2.05, 4.69) is 4.52 Å². The molecule has 0 rings (SSSR count). The second-order valence-electron chi connectivity index (χ2n) is 2.40. The highest BCUT2D eigenvalue weighted by Gasteiger charge is 2.10. The standard InChI is InChI=1S/C4H8O2.C2H7O4P/c1-3(2)4(5)6;1-2-6-7(3,4)5/h3H,1-2H3,(H,5,6);2H2,1H3,(H2,3,4,5). The summed E-state index contributed by atoms with van der Waals surface area (Å²) in [6, 6.07) is 0. The van der Waals surface area contributed by atoms with Crippen molar-refractivity contribution in [3.8, 4) is 0 Å². The molecule has 0 aromatic heterocycles. The van der Waals surface area contributed by atoms with Crippen molar-refractivity contribution in [2.24, 2.45) is 5.92 Å². The first-order chi connectivity index (χ1) is 5.70. The number of phosphoric acid groups is 1. The number of hydrogen-bond donors (Lipinski definition) is 3. The number of rotatable bonds is 3. The molecule has 0 aromatic carbocycles. The van der Waals surface area contributed by atoms with E-state index in [9.17, 15) is 9.36 Å². The maximum absolute atomic E-state index is 9.70. The third-order valence-electron chi connectivity index (χ3n) is 0.791. The first-order valence-corrected chi connectivity index (χ1v) is 5.16. The summed E-state index contributed by atoms with van der Waals surface area (Å²) >= 11 is 0. The monoisotopic (exact) mass is 214 g/mol. The lowest BCUT2D eigenvalue weighted by molar-refractivity contribution is -0.140. The minimum atomic E-state index is -4.17. The molecule has 0 spiro atoms. The lowest BCUT2D eigenvalue weighted by atomic mass is 10.2. The number of phosphoric ester groups is 1. The average Bonchev–Trinajstić information content (AvgIpc) is 1.85. The number of carboxylic acids is 1. The Kier molecular flexibility index (Phi) is 8.15. The van der Waals surface area contributed by atoms with Gasteiger partial charge in [0.15, 0.2) is 0 Å². The van der Waals surface area contributed by atoms with Crippen molar-refractivity contribution in [1.29, 1.82) is 0 Å². The van der Waals surface area contributed by atoms with Crippen molar-refractivity contribution in [1.82, 2.24) is 0 Å². The topological polar surface area (TPSA) is 104 Å². The summed E-state index contributed by atoms with van der Waals surface area (Å²) in [5.74, 6) is -0.972. The molecular formula is C6H15O6P. The van der Waals surface area contributed by atoms with Crippen LogP contribution in [-0.4, -0.2) is 27.5 Å². The van der Waals surface area contributed by atoms with E-state index in [1.54, 1.807) is 13.8 Å². The zero-order valence-electron chi connectivity index (χ0n) is 7.80. The van der Waals surface area contributed by atoms with Gasteiger partial charge in [0.05, 0.1) is 12.5 Å². The second-order valence-corrected chi connectivity index (χ2v) is 3.64. The quantitative estimate of drug-likeness (QED) is 0.601. The number of carbonyl (C=O) groups is 1. The normalized spacial score (nSPS) is 10.6. The number of hydrogen-bond acceptors (Lipinski definition) is 3. The van der Waals surface area contributed by atoms with Gasteiger partial charge >= 0.3 is 13.8 Å². The smallest absolute Gasteiger partial charge is 0.469 e. The molecule has 0 aliphatic heterocycles. The number of aliphatic carboxylic acids is 1. The molecule has 0 amide bonds. The Balaban J connectivity index is 0. The van der Waals surface area contributed by atoms with Crippen LogP contribution in [0.5, 0.6) is 0 Å². The number of carboxylic acid groups (broad SMARTS) is 1. The van der Waals surface area contributed by atoms with Crippen LogP contribution in [-0.2, 0) is 13.9 Å². The van der Waals surface area contributed by atoms with E-state index in [1.807, 2.05) is 0 Å².